The molecular formula is C14H12F2O3S2. The zero-order chi connectivity index (χ0) is 15.6. The highest BCUT2D eigenvalue weighted by molar-refractivity contribution is 7.92. The van der Waals surface area contributed by atoms with Crippen molar-refractivity contribution in [2.45, 2.75) is 18.2 Å². The number of benzene rings is 1. The molecule has 0 aliphatic carbocycles. The van der Waals surface area contributed by atoms with Crippen LogP contribution in [0.2, 0.25) is 0 Å². The second kappa shape index (κ2) is 6.03. The maximum absolute atomic E-state index is 13.5. The van der Waals surface area contributed by atoms with E-state index in [1.807, 2.05) is 6.92 Å². The van der Waals surface area contributed by atoms with Gasteiger partial charge in [-0.05, 0) is 36.8 Å². The van der Waals surface area contributed by atoms with Crippen LogP contribution in [0.1, 0.15) is 21.5 Å². The molecule has 0 saturated heterocycles. The lowest BCUT2D eigenvalue weighted by Gasteiger charge is -2.04. The molecular weight excluding hydrogens is 318 g/mol. The topological polar surface area (TPSA) is 51.2 Å². The zero-order valence-electron chi connectivity index (χ0n) is 11.1. The number of thiophene rings is 1. The van der Waals surface area contributed by atoms with Crippen molar-refractivity contribution in [2.24, 2.45) is 0 Å². The van der Waals surface area contributed by atoms with Crippen molar-refractivity contribution in [1.29, 1.82) is 0 Å². The highest BCUT2D eigenvalue weighted by Gasteiger charge is 2.25. The number of sulfone groups is 1. The van der Waals surface area contributed by atoms with Gasteiger partial charge in [-0.3, -0.25) is 4.79 Å². The zero-order valence-corrected chi connectivity index (χ0v) is 12.7. The van der Waals surface area contributed by atoms with E-state index < -0.39 is 37.9 Å². The molecule has 1 aromatic heterocycles. The number of Topliss-reactive ketones (excluding diaryl/α,β-unsaturated/α-hetero) is 1. The monoisotopic (exact) mass is 330 g/mol. The molecule has 0 bridgehead atoms. The molecule has 21 heavy (non-hydrogen) atoms. The average Bonchev–Trinajstić information content (AvgIpc) is 2.90. The van der Waals surface area contributed by atoms with E-state index in [0.29, 0.717) is 10.9 Å². The molecule has 0 unspecified atom stereocenters. The first kappa shape index (κ1) is 15.8. The summed E-state index contributed by atoms with van der Waals surface area (Å²) in [5.74, 6) is -3.43. The van der Waals surface area contributed by atoms with Gasteiger partial charge in [0.1, 0.15) is 22.3 Å². The number of aryl methyl sites for hydroxylation is 1. The second-order valence-electron chi connectivity index (χ2n) is 4.38. The summed E-state index contributed by atoms with van der Waals surface area (Å²) in [6.07, 6.45) is 0.739. The van der Waals surface area contributed by atoms with E-state index in [-0.39, 0.29) is 0 Å². The summed E-state index contributed by atoms with van der Waals surface area (Å²) >= 11 is 1.20. The number of halogens is 2. The fourth-order valence-electron chi connectivity index (χ4n) is 1.75. The summed E-state index contributed by atoms with van der Waals surface area (Å²) in [6, 6.07) is 5.43. The molecule has 0 aliphatic heterocycles. The van der Waals surface area contributed by atoms with Crippen LogP contribution in [0.4, 0.5) is 8.78 Å². The first-order valence-electron chi connectivity index (χ1n) is 6.13. The third-order valence-electron chi connectivity index (χ3n) is 2.83. The summed E-state index contributed by atoms with van der Waals surface area (Å²) in [5.41, 5.74) is 0. The molecule has 0 fully saturated rings. The van der Waals surface area contributed by atoms with Gasteiger partial charge in [0, 0.05) is 4.88 Å². The van der Waals surface area contributed by atoms with E-state index in [9.17, 15) is 22.0 Å². The molecule has 112 valence electrons. The molecule has 0 saturated carbocycles. The van der Waals surface area contributed by atoms with E-state index in [0.717, 1.165) is 23.4 Å². The van der Waals surface area contributed by atoms with Gasteiger partial charge in [-0.2, -0.15) is 0 Å². The normalized spacial score (nSPS) is 11.6. The minimum Gasteiger partial charge on any atom is -0.292 e. The van der Waals surface area contributed by atoms with Crippen molar-refractivity contribution in [3.05, 3.63) is 51.7 Å². The van der Waals surface area contributed by atoms with Crippen LogP contribution in [0.3, 0.4) is 0 Å². The number of carbonyl (C=O) groups excluding carboxylic acids is 1. The van der Waals surface area contributed by atoms with Crippen molar-refractivity contribution in [3.8, 4) is 0 Å². The number of rotatable bonds is 5. The minimum absolute atomic E-state index is 0.298. The molecule has 0 N–H and O–H groups in total. The smallest absolute Gasteiger partial charge is 0.188 e. The van der Waals surface area contributed by atoms with Crippen molar-refractivity contribution >= 4 is 27.0 Å². The molecule has 3 nitrogen and oxygen atoms in total. The lowest BCUT2D eigenvalue weighted by Crippen LogP contribution is -2.17. The van der Waals surface area contributed by atoms with Gasteiger partial charge >= 0.3 is 0 Å². The average molecular weight is 330 g/mol. The van der Waals surface area contributed by atoms with Gasteiger partial charge in [-0.15, -0.1) is 11.3 Å². The van der Waals surface area contributed by atoms with Gasteiger partial charge in [0.2, 0.25) is 0 Å². The summed E-state index contributed by atoms with van der Waals surface area (Å²) in [5, 5.41) is 0. The van der Waals surface area contributed by atoms with E-state index in [4.69, 9.17) is 0 Å². The lowest BCUT2D eigenvalue weighted by molar-refractivity contribution is 0.102. The Balaban J connectivity index is 2.28. The molecule has 1 aromatic carbocycles. The third-order valence-corrected chi connectivity index (χ3v) is 5.73. The van der Waals surface area contributed by atoms with Crippen LogP contribution in [0.25, 0.3) is 0 Å². The van der Waals surface area contributed by atoms with Gasteiger partial charge in [0.05, 0.1) is 4.88 Å². The van der Waals surface area contributed by atoms with Crippen LogP contribution in [-0.4, -0.2) is 20.0 Å². The predicted octanol–water partition coefficient (Wildman–Crippen LogP) is 3.25. The Bertz CT molecular complexity index is 779. The molecule has 7 heteroatoms. The first-order chi connectivity index (χ1) is 9.83. The van der Waals surface area contributed by atoms with Crippen molar-refractivity contribution in [3.63, 3.8) is 0 Å². The van der Waals surface area contributed by atoms with Gasteiger partial charge in [-0.25, -0.2) is 17.2 Å². The minimum atomic E-state index is -4.22. The van der Waals surface area contributed by atoms with Crippen LogP contribution in [0.15, 0.2) is 35.2 Å². The van der Waals surface area contributed by atoms with Gasteiger partial charge < -0.3 is 0 Å². The van der Waals surface area contributed by atoms with Crippen LogP contribution in [0.5, 0.6) is 0 Å². The quantitative estimate of drug-likeness (QED) is 0.791. The lowest BCUT2D eigenvalue weighted by atomic mass is 10.3. The Morgan fingerprint density at radius 2 is 1.90 bits per heavy atom. The van der Waals surface area contributed by atoms with E-state index in [2.05, 4.69) is 0 Å². The van der Waals surface area contributed by atoms with Crippen LogP contribution < -0.4 is 0 Å². The molecule has 0 radical (unpaired) electrons. The Morgan fingerprint density at radius 3 is 2.52 bits per heavy atom. The molecule has 0 atom stereocenters. The molecule has 0 aliphatic rings. The molecule has 2 aromatic rings. The maximum Gasteiger partial charge on any atom is 0.188 e. The summed E-state index contributed by atoms with van der Waals surface area (Å²) in [4.78, 5) is 12.4. The largest absolute Gasteiger partial charge is 0.292 e. The fraction of sp³-hybridized carbons (Fsp3) is 0.214. The van der Waals surface area contributed by atoms with E-state index >= 15 is 0 Å². The van der Waals surface area contributed by atoms with Crippen molar-refractivity contribution in [2.75, 3.05) is 5.75 Å². The Hall–Kier alpha value is -1.60. The van der Waals surface area contributed by atoms with Crippen LogP contribution in [-0.2, 0) is 16.3 Å². The first-order valence-corrected chi connectivity index (χ1v) is 8.60. The van der Waals surface area contributed by atoms with Crippen molar-refractivity contribution < 1.29 is 22.0 Å². The SMILES string of the molecule is CCc1ccc(C(=O)CS(=O)(=O)c2cc(F)ccc2F)s1. The Morgan fingerprint density at radius 1 is 1.19 bits per heavy atom. The van der Waals surface area contributed by atoms with Crippen LogP contribution in [0, 0.1) is 11.6 Å². The predicted molar refractivity (Wildman–Crippen MR) is 76.4 cm³/mol. The van der Waals surface area contributed by atoms with Gasteiger partial charge in [0.25, 0.3) is 0 Å². The van der Waals surface area contributed by atoms with E-state index in [1.54, 1.807) is 12.1 Å². The fourth-order valence-corrected chi connectivity index (χ4v) is 4.04. The standard InChI is InChI=1S/C14H12F2O3S2/c1-2-10-4-6-13(20-10)12(17)8-21(18,19)14-7-9(15)3-5-11(14)16/h3-7H,2,8H2,1H3. The highest BCUT2D eigenvalue weighted by Crippen LogP contribution is 2.21. The highest BCUT2D eigenvalue weighted by atomic mass is 32.2. The summed E-state index contributed by atoms with van der Waals surface area (Å²) < 4.78 is 50.7. The Kier molecular flexibility index (Phi) is 4.53. The van der Waals surface area contributed by atoms with Crippen molar-refractivity contribution in [1.82, 2.24) is 0 Å². The van der Waals surface area contributed by atoms with E-state index in [1.165, 1.54) is 11.3 Å². The summed E-state index contributed by atoms with van der Waals surface area (Å²) in [6.45, 7) is 1.92. The van der Waals surface area contributed by atoms with Crippen LogP contribution >= 0.6 is 11.3 Å². The molecule has 0 amide bonds. The molecule has 1 heterocycles. The Labute approximate surface area is 125 Å². The molecule has 2 rings (SSSR count). The molecule has 0 spiro atoms. The number of carbonyl (C=O) groups is 1. The maximum atomic E-state index is 13.5. The second-order valence-corrected chi connectivity index (χ2v) is 7.50. The number of hydrogen-bond donors (Lipinski definition) is 0. The number of ketones is 1. The van der Waals surface area contributed by atoms with Gasteiger partial charge in [0.15, 0.2) is 15.6 Å². The summed E-state index contributed by atoms with van der Waals surface area (Å²) in [7, 11) is -4.22. The third kappa shape index (κ3) is 3.54. The van der Waals surface area contributed by atoms with Gasteiger partial charge in [-0.1, -0.05) is 6.92 Å². The number of hydrogen-bond acceptors (Lipinski definition) is 4.